The molecule has 6 heteroatoms. The Morgan fingerprint density at radius 3 is 2.45 bits per heavy atom. The SMILES string of the molecule is CN1C(=O)C(c2ccccc2)(c2cccc(CC(=O)c3cccnc3)c2)N=C1N. The van der Waals surface area contributed by atoms with Gasteiger partial charge in [0.15, 0.2) is 17.3 Å². The van der Waals surface area contributed by atoms with Gasteiger partial charge in [0.1, 0.15) is 0 Å². The maximum atomic E-state index is 13.2. The van der Waals surface area contributed by atoms with Crippen molar-refractivity contribution in [1.29, 1.82) is 0 Å². The minimum Gasteiger partial charge on any atom is -0.369 e. The Hall–Kier alpha value is -3.80. The van der Waals surface area contributed by atoms with Crippen molar-refractivity contribution in [3.63, 3.8) is 0 Å². The van der Waals surface area contributed by atoms with E-state index in [1.807, 2.05) is 54.6 Å². The summed E-state index contributed by atoms with van der Waals surface area (Å²) in [5, 5.41) is 0. The predicted octanol–water partition coefficient (Wildman–Crippen LogP) is 2.54. The number of Topliss-reactive ketones (excluding diaryl/α,β-unsaturated/α-hetero) is 1. The second-order valence-corrected chi connectivity index (χ2v) is 6.95. The Morgan fingerprint density at radius 1 is 1.03 bits per heavy atom. The van der Waals surface area contributed by atoms with Crippen molar-refractivity contribution in [1.82, 2.24) is 9.88 Å². The molecule has 2 heterocycles. The van der Waals surface area contributed by atoms with Crippen LogP contribution < -0.4 is 5.73 Å². The third-order valence-corrected chi connectivity index (χ3v) is 5.12. The Kier molecular flexibility index (Phi) is 4.68. The van der Waals surface area contributed by atoms with E-state index in [4.69, 9.17) is 5.73 Å². The van der Waals surface area contributed by atoms with Gasteiger partial charge in [0.05, 0.1) is 0 Å². The average Bonchev–Trinajstić information content (AvgIpc) is 3.00. The normalized spacial score (nSPS) is 18.6. The Labute approximate surface area is 168 Å². The summed E-state index contributed by atoms with van der Waals surface area (Å²) in [6.45, 7) is 0. The largest absolute Gasteiger partial charge is 0.369 e. The highest BCUT2D eigenvalue weighted by Crippen LogP contribution is 2.39. The molecule has 0 aliphatic carbocycles. The van der Waals surface area contributed by atoms with Crippen molar-refractivity contribution in [2.45, 2.75) is 12.0 Å². The first kappa shape index (κ1) is 18.6. The molecule has 144 valence electrons. The van der Waals surface area contributed by atoms with E-state index >= 15 is 0 Å². The van der Waals surface area contributed by atoms with Crippen LogP contribution in [0.25, 0.3) is 0 Å². The lowest BCUT2D eigenvalue weighted by Crippen LogP contribution is -2.41. The van der Waals surface area contributed by atoms with Gasteiger partial charge in [0.2, 0.25) is 0 Å². The predicted molar refractivity (Wildman–Crippen MR) is 110 cm³/mol. The van der Waals surface area contributed by atoms with Crippen LogP contribution in [0, 0.1) is 0 Å². The first-order valence-corrected chi connectivity index (χ1v) is 9.24. The van der Waals surface area contributed by atoms with Crippen molar-refractivity contribution in [3.05, 3.63) is 101 Å². The summed E-state index contributed by atoms with van der Waals surface area (Å²) in [4.78, 5) is 35.8. The zero-order chi connectivity index (χ0) is 20.4. The first-order valence-electron chi connectivity index (χ1n) is 9.24. The highest BCUT2D eigenvalue weighted by Gasteiger charge is 2.49. The van der Waals surface area contributed by atoms with Crippen LogP contribution in [0.1, 0.15) is 27.0 Å². The number of benzene rings is 2. The van der Waals surface area contributed by atoms with Gasteiger partial charge in [-0.25, -0.2) is 4.99 Å². The molecule has 0 spiro atoms. The summed E-state index contributed by atoms with van der Waals surface area (Å²) >= 11 is 0. The van der Waals surface area contributed by atoms with Gasteiger partial charge in [-0.2, -0.15) is 0 Å². The van der Waals surface area contributed by atoms with Crippen LogP contribution in [0.4, 0.5) is 0 Å². The molecule has 0 fully saturated rings. The lowest BCUT2D eigenvalue weighted by atomic mass is 9.82. The number of nitrogens with zero attached hydrogens (tertiary/aromatic N) is 3. The van der Waals surface area contributed by atoms with E-state index in [1.165, 1.54) is 4.90 Å². The quantitative estimate of drug-likeness (QED) is 0.685. The highest BCUT2D eigenvalue weighted by atomic mass is 16.2. The molecule has 0 saturated carbocycles. The molecule has 1 aliphatic rings. The molecule has 2 aromatic carbocycles. The van der Waals surface area contributed by atoms with E-state index in [9.17, 15) is 9.59 Å². The molecular weight excluding hydrogens is 364 g/mol. The Morgan fingerprint density at radius 2 is 1.79 bits per heavy atom. The van der Waals surface area contributed by atoms with E-state index in [0.29, 0.717) is 11.1 Å². The smallest absolute Gasteiger partial charge is 0.266 e. The van der Waals surface area contributed by atoms with Gasteiger partial charge in [-0.15, -0.1) is 0 Å². The highest BCUT2D eigenvalue weighted by molar-refractivity contribution is 6.09. The molecule has 0 bridgehead atoms. The van der Waals surface area contributed by atoms with E-state index in [1.54, 1.807) is 31.6 Å². The van der Waals surface area contributed by atoms with Gasteiger partial charge >= 0.3 is 0 Å². The third-order valence-electron chi connectivity index (χ3n) is 5.12. The summed E-state index contributed by atoms with van der Waals surface area (Å²) < 4.78 is 0. The fraction of sp³-hybridized carbons (Fsp3) is 0.130. The molecule has 2 N–H and O–H groups in total. The minimum atomic E-state index is -1.26. The topological polar surface area (TPSA) is 88.7 Å². The molecule has 4 rings (SSSR count). The van der Waals surface area contributed by atoms with Crippen molar-refractivity contribution in [3.8, 4) is 0 Å². The summed E-state index contributed by atoms with van der Waals surface area (Å²) in [5.41, 5.74) is 7.50. The summed E-state index contributed by atoms with van der Waals surface area (Å²) in [7, 11) is 1.61. The van der Waals surface area contributed by atoms with Crippen molar-refractivity contribution in [2.75, 3.05) is 7.05 Å². The van der Waals surface area contributed by atoms with Crippen LogP contribution in [0.15, 0.2) is 84.1 Å². The molecule has 0 saturated heterocycles. The number of carbonyl (C=O) groups is 2. The van der Waals surface area contributed by atoms with Crippen LogP contribution in [-0.4, -0.2) is 34.6 Å². The summed E-state index contributed by atoms with van der Waals surface area (Å²) in [5.74, 6) is -0.102. The number of aliphatic imine (C=N–C) groups is 1. The number of aromatic nitrogens is 1. The molecular formula is C23H20N4O2. The van der Waals surface area contributed by atoms with Crippen LogP contribution in [-0.2, 0) is 16.8 Å². The van der Waals surface area contributed by atoms with Gasteiger partial charge in [0, 0.05) is 31.4 Å². The monoisotopic (exact) mass is 384 g/mol. The van der Waals surface area contributed by atoms with Gasteiger partial charge < -0.3 is 5.73 Å². The number of rotatable bonds is 5. The third kappa shape index (κ3) is 3.18. The lowest BCUT2D eigenvalue weighted by molar-refractivity contribution is -0.129. The zero-order valence-electron chi connectivity index (χ0n) is 15.9. The van der Waals surface area contributed by atoms with E-state index in [2.05, 4.69) is 9.98 Å². The number of carbonyl (C=O) groups excluding carboxylic acids is 2. The molecule has 1 aromatic heterocycles. The zero-order valence-corrected chi connectivity index (χ0v) is 15.9. The van der Waals surface area contributed by atoms with Crippen LogP contribution >= 0.6 is 0 Å². The fourth-order valence-corrected chi connectivity index (χ4v) is 3.58. The first-order chi connectivity index (χ1) is 14.0. The van der Waals surface area contributed by atoms with Crippen molar-refractivity contribution >= 4 is 17.6 Å². The van der Waals surface area contributed by atoms with Crippen molar-refractivity contribution < 1.29 is 9.59 Å². The van der Waals surface area contributed by atoms with Gasteiger partial charge in [-0.1, -0.05) is 54.6 Å². The number of likely N-dealkylation sites (N-methyl/N-ethyl adjacent to an activating group) is 1. The number of hydrogen-bond donors (Lipinski definition) is 1. The Bertz CT molecular complexity index is 1100. The Balaban J connectivity index is 1.77. The number of nitrogens with two attached hydrogens (primary N) is 1. The van der Waals surface area contributed by atoms with Crippen LogP contribution in [0.2, 0.25) is 0 Å². The molecule has 29 heavy (non-hydrogen) atoms. The standard InChI is InChI=1S/C23H20N4O2/c1-27-21(29)23(26-22(27)24,18-9-3-2-4-10-18)19-11-5-7-16(13-19)14-20(28)17-8-6-12-25-15-17/h2-13,15H,14H2,1H3,(H2,24,26). The number of hydrogen-bond acceptors (Lipinski definition) is 5. The summed E-state index contributed by atoms with van der Waals surface area (Å²) in [6.07, 6.45) is 3.39. The van der Waals surface area contributed by atoms with Gasteiger partial charge in [-0.05, 0) is 28.8 Å². The molecule has 6 nitrogen and oxygen atoms in total. The molecule has 0 radical (unpaired) electrons. The number of ketones is 1. The second-order valence-electron chi connectivity index (χ2n) is 6.95. The molecule has 1 unspecified atom stereocenters. The van der Waals surface area contributed by atoms with Gasteiger partial charge in [0.25, 0.3) is 5.91 Å². The number of amides is 1. The second kappa shape index (κ2) is 7.31. The van der Waals surface area contributed by atoms with Crippen molar-refractivity contribution in [2.24, 2.45) is 10.7 Å². The van der Waals surface area contributed by atoms with Crippen LogP contribution in [0.5, 0.6) is 0 Å². The lowest BCUT2D eigenvalue weighted by Gasteiger charge is -2.26. The maximum absolute atomic E-state index is 13.2. The molecule has 1 atom stereocenters. The number of pyridine rings is 1. The number of guanidine groups is 1. The summed E-state index contributed by atoms with van der Waals surface area (Å²) in [6, 6.07) is 20.2. The van der Waals surface area contributed by atoms with E-state index < -0.39 is 5.54 Å². The fourth-order valence-electron chi connectivity index (χ4n) is 3.58. The van der Waals surface area contributed by atoms with Crippen LogP contribution in [0.3, 0.4) is 0 Å². The van der Waals surface area contributed by atoms with E-state index in [-0.39, 0.29) is 24.1 Å². The minimum absolute atomic E-state index is 0.0399. The molecule has 1 aliphatic heterocycles. The molecule has 3 aromatic rings. The maximum Gasteiger partial charge on any atom is 0.266 e. The molecule has 1 amide bonds. The van der Waals surface area contributed by atoms with Gasteiger partial charge in [-0.3, -0.25) is 19.5 Å². The average molecular weight is 384 g/mol. The van der Waals surface area contributed by atoms with E-state index in [0.717, 1.165) is 11.1 Å².